The van der Waals surface area contributed by atoms with Gasteiger partial charge in [0.1, 0.15) is 17.2 Å². The summed E-state index contributed by atoms with van der Waals surface area (Å²) in [5.74, 6) is -1.09. The Balaban J connectivity index is 2.32. The van der Waals surface area contributed by atoms with Gasteiger partial charge in [-0.2, -0.15) is 0 Å². The van der Waals surface area contributed by atoms with Crippen molar-refractivity contribution in [2.24, 2.45) is 0 Å². The van der Waals surface area contributed by atoms with Crippen molar-refractivity contribution >= 4 is 17.6 Å². The second kappa shape index (κ2) is 6.69. The Morgan fingerprint density at radius 3 is 2.09 bits per heavy atom. The number of amides is 1. The van der Waals surface area contributed by atoms with E-state index in [9.17, 15) is 14.7 Å². The maximum absolute atomic E-state index is 12.3. The van der Waals surface area contributed by atoms with Crippen molar-refractivity contribution in [1.82, 2.24) is 0 Å². The first-order chi connectivity index (χ1) is 10.9. The van der Waals surface area contributed by atoms with Crippen LogP contribution in [0.2, 0.25) is 0 Å². The number of nitrogens with one attached hydrogen (secondary N) is 1. The molecule has 0 saturated carbocycles. The number of carbonyl (C=O) groups excluding carboxylic acids is 1. The number of benzene rings is 2. The molecule has 7 heteroatoms. The standard InChI is InChI=1S/C16H15NO6/c1-22-11-5-10(6-12(8-11)23-2)15(19)17-13-7-9(16(20)21)3-4-14(13)18/h3-8,18H,1-2H3,(H,17,19)(H,20,21). The summed E-state index contributed by atoms with van der Waals surface area (Å²) in [6.07, 6.45) is 0. The van der Waals surface area contributed by atoms with Gasteiger partial charge in [0.15, 0.2) is 0 Å². The third kappa shape index (κ3) is 3.70. The van der Waals surface area contributed by atoms with Crippen molar-refractivity contribution in [1.29, 1.82) is 0 Å². The predicted octanol–water partition coefficient (Wildman–Crippen LogP) is 2.36. The summed E-state index contributed by atoms with van der Waals surface area (Å²) in [7, 11) is 2.91. The molecule has 0 bridgehead atoms. The van der Waals surface area contributed by atoms with Crippen LogP contribution in [0.15, 0.2) is 36.4 Å². The van der Waals surface area contributed by atoms with Gasteiger partial charge in [-0.3, -0.25) is 4.79 Å². The highest BCUT2D eigenvalue weighted by molar-refractivity contribution is 6.06. The molecule has 0 heterocycles. The minimum atomic E-state index is -1.16. The first-order valence-corrected chi connectivity index (χ1v) is 6.55. The lowest BCUT2D eigenvalue weighted by molar-refractivity contribution is 0.0696. The highest BCUT2D eigenvalue weighted by Gasteiger charge is 2.14. The van der Waals surface area contributed by atoms with Gasteiger partial charge in [0, 0.05) is 11.6 Å². The molecule has 0 fully saturated rings. The molecule has 0 aromatic heterocycles. The second-order valence-electron chi connectivity index (χ2n) is 4.59. The zero-order valence-electron chi connectivity index (χ0n) is 12.5. The molecule has 2 rings (SSSR count). The summed E-state index contributed by atoms with van der Waals surface area (Å²) in [5.41, 5.74) is 0.180. The van der Waals surface area contributed by atoms with Gasteiger partial charge in [-0.1, -0.05) is 0 Å². The molecule has 23 heavy (non-hydrogen) atoms. The van der Waals surface area contributed by atoms with Crippen molar-refractivity contribution in [3.05, 3.63) is 47.5 Å². The number of anilines is 1. The van der Waals surface area contributed by atoms with E-state index in [0.717, 1.165) is 0 Å². The monoisotopic (exact) mass is 317 g/mol. The fourth-order valence-corrected chi connectivity index (χ4v) is 1.90. The van der Waals surface area contributed by atoms with Crippen LogP contribution in [0.25, 0.3) is 0 Å². The van der Waals surface area contributed by atoms with Gasteiger partial charge in [0.05, 0.1) is 25.5 Å². The number of methoxy groups -OCH3 is 2. The Hall–Kier alpha value is -3.22. The molecular formula is C16H15NO6. The molecule has 0 radical (unpaired) electrons. The zero-order chi connectivity index (χ0) is 17.0. The number of carbonyl (C=O) groups is 2. The van der Waals surface area contributed by atoms with E-state index in [4.69, 9.17) is 14.6 Å². The molecule has 1 amide bonds. The van der Waals surface area contributed by atoms with E-state index in [-0.39, 0.29) is 22.6 Å². The van der Waals surface area contributed by atoms with Crippen LogP contribution in [0.5, 0.6) is 17.2 Å². The fourth-order valence-electron chi connectivity index (χ4n) is 1.90. The van der Waals surface area contributed by atoms with Crippen molar-refractivity contribution in [2.45, 2.75) is 0 Å². The van der Waals surface area contributed by atoms with E-state index in [0.29, 0.717) is 11.5 Å². The number of aromatic carboxylic acids is 1. The van der Waals surface area contributed by atoms with Gasteiger partial charge in [-0.05, 0) is 30.3 Å². The van der Waals surface area contributed by atoms with Crippen molar-refractivity contribution in [3.8, 4) is 17.2 Å². The number of ether oxygens (including phenoxy) is 2. The van der Waals surface area contributed by atoms with E-state index in [1.54, 1.807) is 6.07 Å². The van der Waals surface area contributed by atoms with E-state index in [1.807, 2.05) is 0 Å². The first kappa shape index (κ1) is 16.2. The molecule has 3 N–H and O–H groups in total. The van der Waals surface area contributed by atoms with Crippen molar-refractivity contribution in [3.63, 3.8) is 0 Å². The van der Waals surface area contributed by atoms with E-state index in [1.165, 1.54) is 44.6 Å². The Kier molecular flexibility index (Phi) is 4.70. The number of hydrogen-bond donors (Lipinski definition) is 3. The molecule has 0 spiro atoms. The Morgan fingerprint density at radius 2 is 1.57 bits per heavy atom. The maximum Gasteiger partial charge on any atom is 0.335 e. The van der Waals surface area contributed by atoms with Crippen LogP contribution in [0.3, 0.4) is 0 Å². The van der Waals surface area contributed by atoms with Crippen LogP contribution in [-0.4, -0.2) is 36.3 Å². The molecule has 0 saturated heterocycles. The zero-order valence-corrected chi connectivity index (χ0v) is 12.5. The lowest BCUT2D eigenvalue weighted by atomic mass is 10.1. The van der Waals surface area contributed by atoms with Crippen LogP contribution in [-0.2, 0) is 0 Å². The number of aromatic hydroxyl groups is 1. The molecular weight excluding hydrogens is 302 g/mol. The number of phenolic OH excluding ortho intramolecular Hbond substituents is 1. The van der Waals surface area contributed by atoms with Gasteiger partial charge in [0.2, 0.25) is 0 Å². The quantitative estimate of drug-likeness (QED) is 0.731. The SMILES string of the molecule is COc1cc(OC)cc(C(=O)Nc2cc(C(=O)O)ccc2O)c1. The smallest absolute Gasteiger partial charge is 0.335 e. The highest BCUT2D eigenvalue weighted by Crippen LogP contribution is 2.27. The minimum Gasteiger partial charge on any atom is -0.506 e. The van der Waals surface area contributed by atoms with Crippen LogP contribution in [0.4, 0.5) is 5.69 Å². The average molecular weight is 317 g/mol. The lowest BCUT2D eigenvalue weighted by Crippen LogP contribution is -2.13. The summed E-state index contributed by atoms with van der Waals surface area (Å²) >= 11 is 0. The Labute approximate surface area is 132 Å². The second-order valence-corrected chi connectivity index (χ2v) is 4.59. The topological polar surface area (TPSA) is 105 Å². The molecule has 0 unspecified atom stereocenters. The van der Waals surface area contributed by atoms with E-state index >= 15 is 0 Å². The third-order valence-corrected chi connectivity index (χ3v) is 3.11. The van der Waals surface area contributed by atoms with Gasteiger partial charge >= 0.3 is 5.97 Å². The largest absolute Gasteiger partial charge is 0.506 e. The van der Waals surface area contributed by atoms with Gasteiger partial charge in [-0.25, -0.2) is 4.79 Å². The summed E-state index contributed by atoms with van der Waals surface area (Å²) in [6.45, 7) is 0. The first-order valence-electron chi connectivity index (χ1n) is 6.55. The summed E-state index contributed by atoms with van der Waals surface area (Å²) in [6, 6.07) is 8.21. The Bertz CT molecular complexity index is 734. The number of rotatable bonds is 5. The normalized spacial score (nSPS) is 10.0. The fraction of sp³-hybridized carbons (Fsp3) is 0.125. The molecule has 2 aromatic rings. The molecule has 0 aliphatic rings. The van der Waals surface area contributed by atoms with Crippen LogP contribution >= 0.6 is 0 Å². The molecule has 2 aromatic carbocycles. The molecule has 0 aliphatic carbocycles. The number of hydrogen-bond acceptors (Lipinski definition) is 5. The summed E-state index contributed by atoms with van der Waals surface area (Å²) in [5, 5.41) is 21.2. The molecule has 120 valence electrons. The van der Waals surface area contributed by atoms with Crippen LogP contribution < -0.4 is 14.8 Å². The summed E-state index contributed by atoms with van der Waals surface area (Å²) < 4.78 is 10.2. The highest BCUT2D eigenvalue weighted by atomic mass is 16.5. The minimum absolute atomic E-state index is 0.00307. The maximum atomic E-state index is 12.3. The number of carboxylic acid groups (broad SMARTS) is 1. The van der Waals surface area contributed by atoms with Crippen molar-refractivity contribution < 1.29 is 29.3 Å². The average Bonchev–Trinajstić information content (AvgIpc) is 2.55. The van der Waals surface area contributed by atoms with Crippen molar-refractivity contribution in [2.75, 3.05) is 19.5 Å². The van der Waals surface area contributed by atoms with Gasteiger partial charge < -0.3 is 25.0 Å². The van der Waals surface area contributed by atoms with Gasteiger partial charge in [0.25, 0.3) is 5.91 Å². The number of carboxylic acids is 1. The number of phenols is 1. The van der Waals surface area contributed by atoms with Crippen LogP contribution in [0.1, 0.15) is 20.7 Å². The van der Waals surface area contributed by atoms with E-state index in [2.05, 4.69) is 5.32 Å². The predicted molar refractivity (Wildman–Crippen MR) is 82.6 cm³/mol. The third-order valence-electron chi connectivity index (χ3n) is 3.11. The summed E-state index contributed by atoms with van der Waals surface area (Å²) in [4.78, 5) is 23.3. The molecule has 0 aliphatic heterocycles. The van der Waals surface area contributed by atoms with Crippen LogP contribution in [0, 0.1) is 0 Å². The lowest BCUT2D eigenvalue weighted by Gasteiger charge is -2.10. The Morgan fingerprint density at radius 1 is 0.957 bits per heavy atom. The molecule has 7 nitrogen and oxygen atoms in total. The molecule has 0 atom stereocenters. The van der Waals surface area contributed by atoms with E-state index < -0.39 is 11.9 Å². The van der Waals surface area contributed by atoms with Gasteiger partial charge in [-0.15, -0.1) is 0 Å².